The van der Waals surface area contributed by atoms with Crippen molar-refractivity contribution in [3.05, 3.63) is 95.8 Å². The van der Waals surface area contributed by atoms with E-state index in [1.54, 1.807) is 66.9 Å². The molecule has 0 spiro atoms. The van der Waals surface area contributed by atoms with E-state index < -0.39 is 5.97 Å². The van der Waals surface area contributed by atoms with E-state index in [1.807, 2.05) is 6.07 Å². The molecule has 0 aliphatic carbocycles. The van der Waals surface area contributed by atoms with Gasteiger partial charge < -0.3 is 4.74 Å². The van der Waals surface area contributed by atoms with Crippen molar-refractivity contribution in [3.8, 4) is 5.75 Å². The van der Waals surface area contributed by atoms with Gasteiger partial charge in [0.25, 0.3) is 0 Å². The van der Waals surface area contributed by atoms with E-state index >= 15 is 0 Å². The number of hydrogen-bond acceptors (Lipinski definition) is 3. The number of carbonyl (C=O) groups excluding carboxylic acids is 1. The van der Waals surface area contributed by atoms with Gasteiger partial charge in [0.2, 0.25) is 0 Å². The lowest BCUT2D eigenvalue weighted by molar-refractivity contribution is 0.0735. The maximum Gasteiger partial charge on any atom is 0.343 e. The molecule has 0 aromatic heterocycles. The number of benzene rings is 3. The minimum Gasteiger partial charge on any atom is -0.423 e. The summed E-state index contributed by atoms with van der Waals surface area (Å²) in [6.45, 7) is 0. The molecule has 24 heavy (non-hydrogen) atoms. The Bertz CT molecular complexity index is 841. The van der Waals surface area contributed by atoms with Crippen molar-refractivity contribution in [2.45, 2.75) is 0 Å². The van der Waals surface area contributed by atoms with Crippen molar-refractivity contribution in [3.63, 3.8) is 0 Å². The van der Waals surface area contributed by atoms with Crippen LogP contribution >= 0.6 is 0 Å². The summed E-state index contributed by atoms with van der Waals surface area (Å²) in [5, 5.41) is 0. The Balaban J connectivity index is 1.65. The smallest absolute Gasteiger partial charge is 0.343 e. The second-order valence-electron chi connectivity index (χ2n) is 5.06. The Labute approximate surface area is 139 Å². The van der Waals surface area contributed by atoms with Gasteiger partial charge in [0.15, 0.2) is 0 Å². The van der Waals surface area contributed by atoms with Crippen LogP contribution in [-0.4, -0.2) is 12.2 Å². The van der Waals surface area contributed by atoms with Crippen LogP contribution in [0.5, 0.6) is 5.75 Å². The zero-order valence-corrected chi connectivity index (χ0v) is 12.7. The van der Waals surface area contributed by atoms with Gasteiger partial charge in [-0.1, -0.05) is 18.2 Å². The highest BCUT2D eigenvalue weighted by molar-refractivity contribution is 5.91. The first-order valence-corrected chi connectivity index (χ1v) is 7.38. The maximum atomic E-state index is 12.8. The number of hydrogen-bond donors (Lipinski definition) is 0. The van der Waals surface area contributed by atoms with Crippen molar-refractivity contribution < 1.29 is 13.9 Å². The van der Waals surface area contributed by atoms with E-state index in [2.05, 4.69) is 4.99 Å². The van der Waals surface area contributed by atoms with Gasteiger partial charge in [-0.05, 0) is 66.2 Å². The zero-order chi connectivity index (χ0) is 16.8. The molecule has 0 fully saturated rings. The first kappa shape index (κ1) is 15.6. The van der Waals surface area contributed by atoms with Crippen LogP contribution in [0, 0.1) is 5.82 Å². The number of nitrogens with zero attached hydrogens (tertiary/aromatic N) is 1. The lowest BCUT2D eigenvalue weighted by Crippen LogP contribution is -2.07. The standard InChI is InChI=1S/C20H14FNO2/c21-17-8-10-18(11-9-17)22-14-15-6-12-19(13-7-15)24-20(23)16-4-2-1-3-5-16/h1-14H/b22-14+. The van der Waals surface area contributed by atoms with Crippen LogP contribution in [0.25, 0.3) is 0 Å². The molecule has 0 aliphatic heterocycles. The molecule has 0 saturated heterocycles. The summed E-state index contributed by atoms with van der Waals surface area (Å²) >= 11 is 0. The molecule has 3 nitrogen and oxygen atoms in total. The lowest BCUT2D eigenvalue weighted by Gasteiger charge is -2.04. The van der Waals surface area contributed by atoms with Crippen LogP contribution in [0.4, 0.5) is 10.1 Å². The van der Waals surface area contributed by atoms with Crippen molar-refractivity contribution in [1.82, 2.24) is 0 Å². The third kappa shape index (κ3) is 4.14. The van der Waals surface area contributed by atoms with Gasteiger partial charge in [0, 0.05) is 6.21 Å². The van der Waals surface area contributed by atoms with Crippen molar-refractivity contribution >= 4 is 17.9 Å². The van der Waals surface area contributed by atoms with Gasteiger partial charge in [-0.25, -0.2) is 9.18 Å². The summed E-state index contributed by atoms with van der Waals surface area (Å²) in [4.78, 5) is 16.2. The summed E-state index contributed by atoms with van der Waals surface area (Å²) in [6.07, 6.45) is 1.66. The molecule has 0 radical (unpaired) electrons. The Morgan fingerprint density at radius 3 is 2.21 bits per heavy atom. The van der Waals surface area contributed by atoms with Gasteiger partial charge >= 0.3 is 5.97 Å². The molecule has 3 aromatic rings. The fourth-order valence-electron chi connectivity index (χ4n) is 2.04. The van der Waals surface area contributed by atoms with Crippen LogP contribution in [0.15, 0.2) is 83.9 Å². The van der Waals surface area contributed by atoms with Crippen molar-refractivity contribution in [1.29, 1.82) is 0 Å². The molecule has 3 aromatic carbocycles. The van der Waals surface area contributed by atoms with Crippen molar-refractivity contribution in [2.24, 2.45) is 4.99 Å². The average molecular weight is 319 g/mol. The van der Waals surface area contributed by atoms with Crippen molar-refractivity contribution in [2.75, 3.05) is 0 Å². The highest BCUT2D eigenvalue weighted by atomic mass is 19.1. The molecule has 0 aliphatic rings. The van der Waals surface area contributed by atoms with Crippen LogP contribution in [0.3, 0.4) is 0 Å². The molecular weight excluding hydrogens is 305 g/mol. The molecule has 0 bridgehead atoms. The highest BCUT2D eigenvalue weighted by Gasteiger charge is 2.07. The highest BCUT2D eigenvalue weighted by Crippen LogP contribution is 2.15. The summed E-state index contributed by atoms with van der Waals surface area (Å²) in [5.74, 6) is -0.232. The molecule has 4 heteroatoms. The summed E-state index contributed by atoms with van der Waals surface area (Å²) in [6, 6.07) is 21.7. The second kappa shape index (κ2) is 7.33. The van der Waals surface area contributed by atoms with Crippen LogP contribution in [-0.2, 0) is 0 Å². The van der Waals surface area contributed by atoms with Gasteiger partial charge in [0.05, 0.1) is 11.3 Å². The van der Waals surface area contributed by atoms with Crippen LogP contribution in [0.2, 0.25) is 0 Å². The third-order valence-electron chi connectivity index (χ3n) is 3.29. The molecule has 0 atom stereocenters. The fraction of sp³-hybridized carbons (Fsp3) is 0. The SMILES string of the molecule is O=C(Oc1ccc(/C=N/c2ccc(F)cc2)cc1)c1ccccc1. The molecule has 0 heterocycles. The van der Waals surface area contributed by atoms with Gasteiger partial charge in [0.1, 0.15) is 11.6 Å². The van der Waals surface area contributed by atoms with E-state index in [0.717, 1.165) is 5.56 Å². The average Bonchev–Trinajstić information content (AvgIpc) is 2.63. The largest absolute Gasteiger partial charge is 0.423 e. The molecule has 3 rings (SSSR count). The molecular formula is C20H14FNO2. The Kier molecular flexibility index (Phi) is 4.77. The molecule has 118 valence electrons. The van der Waals surface area contributed by atoms with Gasteiger partial charge in [-0.2, -0.15) is 0 Å². The number of rotatable bonds is 4. The number of aliphatic imine (C=N–C) groups is 1. The van der Waals surface area contributed by atoms with E-state index in [0.29, 0.717) is 17.0 Å². The predicted molar refractivity (Wildman–Crippen MR) is 91.5 cm³/mol. The molecule has 0 unspecified atom stereocenters. The minimum absolute atomic E-state index is 0.293. The topological polar surface area (TPSA) is 38.7 Å². The number of halogens is 1. The fourth-order valence-corrected chi connectivity index (χ4v) is 2.04. The number of esters is 1. The predicted octanol–water partition coefficient (Wildman–Crippen LogP) is 4.80. The van der Waals surface area contributed by atoms with Crippen LogP contribution in [0.1, 0.15) is 15.9 Å². The van der Waals surface area contributed by atoms with E-state index in [1.165, 1.54) is 12.1 Å². The number of ether oxygens (including phenoxy) is 1. The van der Waals surface area contributed by atoms with Gasteiger partial charge in [-0.3, -0.25) is 4.99 Å². The molecule has 0 N–H and O–H groups in total. The van der Waals surface area contributed by atoms with E-state index in [9.17, 15) is 9.18 Å². The first-order valence-electron chi connectivity index (χ1n) is 7.38. The molecule has 0 saturated carbocycles. The summed E-state index contributed by atoms with van der Waals surface area (Å²) in [5.41, 5.74) is 2.01. The van der Waals surface area contributed by atoms with E-state index in [4.69, 9.17) is 4.74 Å². The Hall–Kier alpha value is -3.27. The zero-order valence-electron chi connectivity index (χ0n) is 12.7. The monoisotopic (exact) mass is 319 g/mol. The minimum atomic E-state index is -0.400. The Morgan fingerprint density at radius 2 is 1.54 bits per heavy atom. The summed E-state index contributed by atoms with van der Waals surface area (Å²) < 4.78 is 18.1. The maximum absolute atomic E-state index is 12.8. The van der Waals surface area contributed by atoms with Crippen LogP contribution < -0.4 is 4.74 Å². The second-order valence-corrected chi connectivity index (χ2v) is 5.06. The number of carbonyl (C=O) groups is 1. The molecule has 0 amide bonds. The third-order valence-corrected chi connectivity index (χ3v) is 3.29. The quantitative estimate of drug-likeness (QED) is 0.394. The lowest BCUT2D eigenvalue weighted by atomic mass is 10.2. The summed E-state index contributed by atoms with van der Waals surface area (Å²) in [7, 11) is 0. The van der Waals surface area contributed by atoms with Gasteiger partial charge in [-0.15, -0.1) is 0 Å². The first-order chi connectivity index (χ1) is 11.7. The Morgan fingerprint density at radius 1 is 0.875 bits per heavy atom. The van der Waals surface area contributed by atoms with E-state index in [-0.39, 0.29) is 5.82 Å². The normalized spacial score (nSPS) is 10.7.